The zero-order valence-corrected chi connectivity index (χ0v) is 15.3. The molecular formula is C20H19F3N2O3. The number of methoxy groups -OCH3 is 2. The molecule has 0 aliphatic heterocycles. The normalized spacial score (nSPS) is 18.8. The third kappa shape index (κ3) is 4.27. The van der Waals surface area contributed by atoms with E-state index >= 15 is 0 Å². The second-order valence-electron chi connectivity index (χ2n) is 6.38. The summed E-state index contributed by atoms with van der Waals surface area (Å²) in [6.45, 7) is 0. The van der Waals surface area contributed by atoms with Crippen LogP contribution in [0.3, 0.4) is 0 Å². The van der Waals surface area contributed by atoms with Gasteiger partial charge in [-0.05, 0) is 47.7 Å². The number of carbonyl (C=O) groups excluding carboxylic acids is 1. The summed E-state index contributed by atoms with van der Waals surface area (Å²) in [5, 5.41) is 3.89. The van der Waals surface area contributed by atoms with Gasteiger partial charge >= 0.3 is 6.18 Å². The van der Waals surface area contributed by atoms with Gasteiger partial charge in [-0.15, -0.1) is 0 Å². The van der Waals surface area contributed by atoms with Gasteiger partial charge in [-0.3, -0.25) is 4.79 Å². The van der Waals surface area contributed by atoms with E-state index < -0.39 is 29.5 Å². The molecule has 2 aromatic carbocycles. The molecule has 0 aromatic heterocycles. The lowest BCUT2D eigenvalue weighted by molar-refractivity contribution is -0.138. The van der Waals surface area contributed by atoms with E-state index in [0.29, 0.717) is 23.5 Å². The molecule has 8 heteroatoms. The largest absolute Gasteiger partial charge is 0.493 e. The number of benzene rings is 2. The van der Waals surface area contributed by atoms with Crippen molar-refractivity contribution in [3.8, 4) is 11.5 Å². The predicted molar refractivity (Wildman–Crippen MR) is 97.6 cm³/mol. The van der Waals surface area contributed by atoms with Crippen LogP contribution in [0.25, 0.3) is 0 Å². The fourth-order valence-electron chi connectivity index (χ4n) is 3.09. The number of hydrogen-bond donors (Lipinski definition) is 1. The molecule has 1 aliphatic carbocycles. The summed E-state index contributed by atoms with van der Waals surface area (Å²) in [6, 6.07) is 10.5. The first-order valence-corrected chi connectivity index (χ1v) is 8.56. The Morgan fingerprint density at radius 1 is 1.14 bits per heavy atom. The van der Waals surface area contributed by atoms with Gasteiger partial charge in [0, 0.05) is 5.92 Å². The monoisotopic (exact) mass is 392 g/mol. The first-order chi connectivity index (χ1) is 13.3. The van der Waals surface area contributed by atoms with E-state index in [1.165, 1.54) is 32.6 Å². The second-order valence-corrected chi connectivity index (χ2v) is 6.38. The van der Waals surface area contributed by atoms with Crippen LogP contribution in [-0.4, -0.2) is 26.3 Å². The van der Waals surface area contributed by atoms with Crippen molar-refractivity contribution < 1.29 is 27.4 Å². The molecule has 1 saturated carbocycles. The molecule has 1 fully saturated rings. The van der Waals surface area contributed by atoms with Crippen molar-refractivity contribution in [2.45, 2.75) is 18.5 Å². The lowest BCUT2D eigenvalue weighted by Crippen LogP contribution is -2.20. The summed E-state index contributed by atoms with van der Waals surface area (Å²) in [7, 11) is 3.03. The van der Waals surface area contributed by atoms with E-state index in [9.17, 15) is 18.0 Å². The Morgan fingerprint density at radius 3 is 2.54 bits per heavy atom. The van der Waals surface area contributed by atoms with Crippen LogP contribution in [0.15, 0.2) is 47.6 Å². The summed E-state index contributed by atoms with van der Waals surface area (Å²) < 4.78 is 49.7. The SMILES string of the molecule is COc1ccc(/C=N/NC(=O)C2CC2c2ccccc2C(F)(F)F)cc1OC. The average molecular weight is 392 g/mol. The van der Waals surface area contributed by atoms with Gasteiger partial charge in [0.2, 0.25) is 5.91 Å². The molecule has 2 unspecified atom stereocenters. The highest BCUT2D eigenvalue weighted by Gasteiger charge is 2.47. The van der Waals surface area contributed by atoms with Crippen molar-refractivity contribution in [2.24, 2.45) is 11.0 Å². The third-order valence-electron chi connectivity index (χ3n) is 4.59. The molecule has 0 radical (unpaired) electrons. The number of hydrazone groups is 1. The van der Waals surface area contributed by atoms with Crippen molar-refractivity contribution in [2.75, 3.05) is 14.2 Å². The van der Waals surface area contributed by atoms with Gasteiger partial charge in [0.1, 0.15) is 0 Å². The number of halogens is 3. The molecule has 1 N–H and O–H groups in total. The second kappa shape index (κ2) is 7.92. The first kappa shape index (κ1) is 19.7. The molecule has 148 valence electrons. The maximum absolute atomic E-state index is 13.1. The quantitative estimate of drug-likeness (QED) is 0.598. The Hall–Kier alpha value is -3.03. The number of carbonyl (C=O) groups is 1. The van der Waals surface area contributed by atoms with Gasteiger partial charge < -0.3 is 9.47 Å². The maximum atomic E-state index is 13.1. The van der Waals surface area contributed by atoms with Crippen LogP contribution < -0.4 is 14.9 Å². The third-order valence-corrected chi connectivity index (χ3v) is 4.59. The van der Waals surface area contributed by atoms with Crippen molar-refractivity contribution in [1.29, 1.82) is 0 Å². The topological polar surface area (TPSA) is 59.9 Å². The number of rotatable bonds is 6. The van der Waals surface area contributed by atoms with Gasteiger partial charge in [-0.1, -0.05) is 18.2 Å². The molecule has 5 nitrogen and oxygen atoms in total. The summed E-state index contributed by atoms with van der Waals surface area (Å²) in [5.41, 5.74) is 2.53. The van der Waals surface area contributed by atoms with Crippen LogP contribution in [-0.2, 0) is 11.0 Å². The maximum Gasteiger partial charge on any atom is 0.416 e. The van der Waals surface area contributed by atoms with Crippen LogP contribution in [0, 0.1) is 5.92 Å². The van der Waals surface area contributed by atoms with Crippen molar-refractivity contribution in [3.63, 3.8) is 0 Å². The van der Waals surface area contributed by atoms with Crippen molar-refractivity contribution in [1.82, 2.24) is 5.43 Å². The van der Waals surface area contributed by atoms with E-state index in [1.807, 2.05) is 0 Å². The highest BCUT2D eigenvalue weighted by atomic mass is 19.4. The molecule has 0 spiro atoms. The molecule has 2 aromatic rings. The van der Waals surface area contributed by atoms with Crippen molar-refractivity contribution in [3.05, 3.63) is 59.2 Å². The van der Waals surface area contributed by atoms with Gasteiger partial charge in [0.05, 0.1) is 26.0 Å². The standard InChI is InChI=1S/C20H19F3N2O3/c1-27-17-8-7-12(9-18(17)28-2)11-24-25-19(26)15-10-14(15)13-5-3-4-6-16(13)20(21,22)23/h3-9,11,14-15H,10H2,1-2H3,(H,25,26)/b24-11+. The lowest BCUT2D eigenvalue weighted by atomic mass is 10.0. The molecule has 3 rings (SSSR count). The van der Waals surface area contributed by atoms with Crippen LogP contribution in [0.1, 0.15) is 29.0 Å². The number of ether oxygens (including phenoxy) is 2. The number of amides is 1. The first-order valence-electron chi connectivity index (χ1n) is 8.56. The smallest absolute Gasteiger partial charge is 0.416 e. The zero-order chi connectivity index (χ0) is 20.3. The summed E-state index contributed by atoms with van der Waals surface area (Å²) in [5.74, 6) is -0.296. The van der Waals surface area contributed by atoms with Crippen LogP contribution in [0.5, 0.6) is 11.5 Å². The van der Waals surface area contributed by atoms with E-state index in [-0.39, 0.29) is 5.56 Å². The number of nitrogens with one attached hydrogen (secondary N) is 1. The minimum Gasteiger partial charge on any atom is -0.493 e. The number of hydrogen-bond acceptors (Lipinski definition) is 4. The molecule has 0 saturated heterocycles. The van der Waals surface area contributed by atoms with E-state index in [2.05, 4.69) is 10.5 Å². The van der Waals surface area contributed by atoms with Crippen molar-refractivity contribution >= 4 is 12.1 Å². The van der Waals surface area contributed by atoms with Crippen LogP contribution in [0.4, 0.5) is 13.2 Å². The summed E-state index contributed by atoms with van der Waals surface area (Å²) in [4.78, 5) is 12.2. The molecule has 0 heterocycles. The Labute approximate surface area is 160 Å². The summed E-state index contributed by atoms with van der Waals surface area (Å²) >= 11 is 0. The van der Waals surface area contributed by atoms with E-state index in [1.54, 1.807) is 24.3 Å². The Morgan fingerprint density at radius 2 is 1.86 bits per heavy atom. The minimum absolute atomic E-state index is 0.152. The Bertz CT molecular complexity index is 897. The van der Waals surface area contributed by atoms with Gasteiger partial charge in [-0.2, -0.15) is 18.3 Å². The van der Waals surface area contributed by atoms with E-state index in [4.69, 9.17) is 9.47 Å². The Balaban J connectivity index is 1.63. The molecule has 0 bridgehead atoms. The fourth-order valence-corrected chi connectivity index (χ4v) is 3.09. The van der Waals surface area contributed by atoms with Gasteiger partial charge in [0.15, 0.2) is 11.5 Å². The average Bonchev–Trinajstić information content (AvgIpc) is 3.48. The van der Waals surface area contributed by atoms with E-state index in [0.717, 1.165) is 6.07 Å². The lowest BCUT2D eigenvalue weighted by Gasteiger charge is -2.12. The number of alkyl halides is 3. The van der Waals surface area contributed by atoms with Crippen LogP contribution in [0.2, 0.25) is 0 Å². The minimum atomic E-state index is -4.44. The highest BCUT2D eigenvalue weighted by molar-refractivity contribution is 5.86. The fraction of sp³-hybridized carbons (Fsp3) is 0.300. The molecule has 2 atom stereocenters. The van der Waals surface area contributed by atoms with Gasteiger partial charge in [0.25, 0.3) is 0 Å². The number of nitrogens with zero attached hydrogens (tertiary/aromatic N) is 1. The van der Waals surface area contributed by atoms with Gasteiger partial charge in [-0.25, -0.2) is 5.43 Å². The molecule has 1 amide bonds. The van der Waals surface area contributed by atoms with Crippen LogP contribution >= 0.6 is 0 Å². The summed E-state index contributed by atoms with van der Waals surface area (Å²) in [6.07, 6.45) is -2.64. The highest BCUT2D eigenvalue weighted by Crippen LogP contribution is 2.51. The zero-order valence-electron chi connectivity index (χ0n) is 15.3. The molecule has 28 heavy (non-hydrogen) atoms. The molecule has 1 aliphatic rings. The predicted octanol–water partition coefficient (Wildman–Crippen LogP) is 3.98. The Kier molecular flexibility index (Phi) is 5.58. The molecular weight excluding hydrogens is 373 g/mol.